The average Bonchev–Trinajstić information content (AvgIpc) is 2.70. The van der Waals surface area contributed by atoms with Crippen LogP contribution in [0.15, 0.2) is 24.3 Å². The molecule has 0 bridgehead atoms. The number of rotatable bonds is 4. The summed E-state index contributed by atoms with van der Waals surface area (Å²) >= 11 is 0. The summed E-state index contributed by atoms with van der Waals surface area (Å²) in [7, 11) is 0. The molecular formula is C25H38N2O3. The molecule has 0 radical (unpaired) electrons. The molecule has 0 spiro atoms. The van der Waals surface area contributed by atoms with E-state index in [1.165, 1.54) is 57.8 Å². The van der Waals surface area contributed by atoms with Gasteiger partial charge in [0, 0.05) is 19.0 Å². The van der Waals surface area contributed by atoms with Crippen molar-refractivity contribution in [3.05, 3.63) is 24.3 Å². The third kappa shape index (κ3) is 6.23. The van der Waals surface area contributed by atoms with E-state index in [9.17, 15) is 9.59 Å². The number of hydrogen-bond donors (Lipinski definition) is 1. The van der Waals surface area contributed by atoms with Gasteiger partial charge in [-0.3, -0.25) is 9.59 Å². The molecule has 1 heterocycles. The van der Waals surface area contributed by atoms with Gasteiger partial charge in [0.2, 0.25) is 5.91 Å². The highest BCUT2D eigenvalue weighted by Crippen LogP contribution is 2.37. The van der Waals surface area contributed by atoms with Gasteiger partial charge in [0.15, 0.2) is 5.60 Å². The zero-order valence-corrected chi connectivity index (χ0v) is 18.8. The average molecular weight is 415 g/mol. The molecule has 1 saturated carbocycles. The lowest BCUT2D eigenvalue weighted by Crippen LogP contribution is -2.53. The van der Waals surface area contributed by atoms with Crippen LogP contribution < -0.4 is 15.0 Å². The molecule has 0 unspecified atom stereocenters. The minimum atomic E-state index is -0.918. The van der Waals surface area contributed by atoms with Crippen molar-refractivity contribution in [3.63, 3.8) is 0 Å². The van der Waals surface area contributed by atoms with Gasteiger partial charge >= 0.3 is 0 Å². The number of nitrogens with zero attached hydrogens (tertiary/aromatic N) is 1. The standard InChI is InChI=1S/C25H38N2O3/c1-25(2)24(29)27(21-16-12-13-17-22(21)30-25)19-18-23(28)26-20-14-10-8-6-4-3-5-7-9-11-15-20/h12-13,16-17,20H,3-11,14-15,18-19H2,1-2H3,(H,26,28). The van der Waals surface area contributed by atoms with Gasteiger partial charge in [0.1, 0.15) is 5.75 Å². The lowest BCUT2D eigenvalue weighted by Gasteiger charge is -2.38. The number of ether oxygens (including phenoxy) is 1. The predicted molar refractivity (Wildman–Crippen MR) is 121 cm³/mol. The highest BCUT2D eigenvalue weighted by Gasteiger charge is 2.40. The molecule has 0 saturated heterocycles. The van der Waals surface area contributed by atoms with Gasteiger partial charge in [0.05, 0.1) is 5.69 Å². The Bertz CT molecular complexity index is 704. The van der Waals surface area contributed by atoms with E-state index in [2.05, 4.69) is 5.32 Å². The van der Waals surface area contributed by atoms with Crippen molar-refractivity contribution < 1.29 is 14.3 Å². The highest BCUT2D eigenvalue weighted by atomic mass is 16.5. The van der Waals surface area contributed by atoms with E-state index in [1.807, 2.05) is 24.3 Å². The Kier molecular flexibility index (Phi) is 8.17. The van der Waals surface area contributed by atoms with Crippen molar-refractivity contribution in [2.75, 3.05) is 11.4 Å². The minimum Gasteiger partial charge on any atom is -0.476 e. The van der Waals surface area contributed by atoms with E-state index in [0.717, 1.165) is 18.5 Å². The smallest absolute Gasteiger partial charge is 0.270 e. The summed E-state index contributed by atoms with van der Waals surface area (Å²) in [5, 5.41) is 3.26. The molecule has 166 valence electrons. The topological polar surface area (TPSA) is 58.6 Å². The van der Waals surface area contributed by atoms with Crippen LogP contribution >= 0.6 is 0 Å². The van der Waals surface area contributed by atoms with Gasteiger partial charge < -0.3 is 15.0 Å². The van der Waals surface area contributed by atoms with Crippen molar-refractivity contribution in [2.45, 2.75) is 103 Å². The summed E-state index contributed by atoms with van der Waals surface area (Å²) in [5.74, 6) is 0.642. The molecule has 0 aromatic heterocycles. The van der Waals surface area contributed by atoms with E-state index < -0.39 is 5.60 Å². The summed E-state index contributed by atoms with van der Waals surface area (Å²) in [4.78, 5) is 27.3. The Balaban J connectivity index is 1.55. The first-order chi connectivity index (χ1) is 14.5. The van der Waals surface area contributed by atoms with Crippen LogP contribution in [-0.4, -0.2) is 30.0 Å². The fourth-order valence-electron chi connectivity index (χ4n) is 4.56. The Morgan fingerprint density at radius 1 is 1.00 bits per heavy atom. The largest absolute Gasteiger partial charge is 0.476 e. The molecule has 3 rings (SSSR count). The Morgan fingerprint density at radius 2 is 1.57 bits per heavy atom. The Labute approximate surface area is 181 Å². The SMILES string of the molecule is CC1(C)Oc2ccccc2N(CCC(=O)NC2CCCCCCCCCCC2)C1=O. The van der Waals surface area contributed by atoms with Crippen LogP contribution in [0.25, 0.3) is 0 Å². The van der Waals surface area contributed by atoms with Gasteiger partial charge in [-0.1, -0.05) is 69.9 Å². The lowest BCUT2D eigenvalue weighted by atomic mass is 9.98. The van der Waals surface area contributed by atoms with Crippen molar-refractivity contribution in [3.8, 4) is 5.75 Å². The van der Waals surface area contributed by atoms with Gasteiger partial charge in [0.25, 0.3) is 5.91 Å². The van der Waals surface area contributed by atoms with Crippen molar-refractivity contribution in [2.24, 2.45) is 0 Å². The highest BCUT2D eigenvalue weighted by molar-refractivity contribution is 6.02. The van der Waals surface area contributed by atoms with E-state index in [0.29, 0.717) is 18.7 Å². The number of benzene rings is 1. The molecule has 1 aliphatic heterocycles. The molecule has 1 N–H and O–H groups in total. The number of carbonyl (C=O) groups is 2. The summed E-state index contributed by atoms with van der Waals surface area (Å²) in [6.45, 7) is 3.94. The number of para-hydroxylation sites is 2. The Morgan fingerprint density at radius 3 is 2.20 bits per heavy atom. The predicted octanol–water partition coefficient (Wildman–Crippen LogP) is 5.37. The molecule has 5 nitrogen and oxygen atoms in total. The van der Waals surface area contributed by atoms with Gasteiger partial charge in [-0.2, -0.15) is 0 Å². The Hall–Kier alpha value is -2.04. The second-order valence-corrected chi connectivity index (χ2v) is 9.31. The molecule has 2 amide bonds. The fraction of sp³-hybridized carbons (Fsp3) is 0.680. The quantitative estimate of drug-likeness (QED) is 0.720. The van der Waals surface area contributed by atoms with Crippen LogP contribution in [0.4, 0.5) is 5.69 Å². The summed E-state index contributed by atoms with van der Waals surface area (Å²) in [6.07, 6.45) is 14.1. The van der Waals surface area contributed by atoms with Crippen molar-refractivity contribution in [1.29, 1.82) is 0 Å². The van der Waals surface area contributed by atoms with Gasteiger partial charge in [-0.25, -0.2) is 0 Å². The van der Waals surface area contributed by atoms with Crippen LogP contribution in [0.1, 0.15) is 90.9 Å². The molecule has 30 heavy (non-hydrogen) atoms. The number of fused-ring (bicyclic) bond motifs is 1. The second-order valence-electron chi connectivity index (χ2n) is 9.31. The first-order valence-corrected chi connectivity index (χ1v) is 11.9. The third-order valence-electron chi connectivity index (χ3n) is 6.31. The molecule has 5 heteroatoms. The van der Waals surface area contributed by atoms with Crippen LogP contribution in [0.3, 0.4) is 0 Å². The molecular weight excluding hydrogens is 376 g/mol. The summed E-state index contributed by atoms with van der Waals surface area (Å²) < 4.78 is 5.87. The number of anilines is 1. The second kappa shape index (κ2) is 10.8. The third-order valence-corrected chi connectivity index (χ3v) is 6.31. The molecule has 0 atom stereocenters. The first-order valence-electron chi connectivity index (χ1n) is 11.9. The molecule has 1 aromatic carbocycles. The zero-order chi connectivity index (χ0) is 21.4. The van der Waals surface area contributed by atoms with Crippen LogP contribution in [0, 0.1) is 0 Å². The van der Waals surface area contributed by atoms with E-state index in [1.54, 1.807) is 18.7 Å². The normalized spacial score (nSPS) is 21.0. The molecule has 1 aliphatic carbocycles. The van der Waals surface area contributed by atoms with Crippen LogP contribution in [-0.2, 0) is 9.59 Å². The maximum atomic E-state index is 12.9. The van der Waals surface area contributed by atoms with Crippen LogP contribution in [0.5, 0.6) is 5.75 Å². The molecule has 2 aliphatic rings. The number of amides is 2. The lowest BCUT2D eigenvalue weighted by molar-refractivity contribution is -0.132. The van der Waals surface area contributed by atoms with Crippen LogP contribution in [0.2, 0.25) is 0 Å². The zero-order valence-electron chi connectivity index (χ0n) is 18.8. The maximum Gasteiger partial charge on any atom is 0.270 e. The van der Waals surface area contributed by atoms with E-state index in [4.69, 9.17) is 4.74 Å². The van der Waals surface area contributed by atoms with Gasteiger partial charge in [-0.05, 0) is 38.8 Å². The minimum absolute atomic E-state index is 0.0432. The van der Waals surface area contributed by atoms with E-state index in [-0.39, 0.29) is 17.9 Å². The number of carbonyl (C=O) groups excluding carboxylic acids is 2. The fourth-order valence-corrected chi connectivity index (χ4v) is 4.56. The van der Waals surface area contributed by atoms with Crippen molar-refractivity contribution >= 4 is 17.5 Å². The number of hydrogen-bond acceptors (Lipinski definition) is 3. The molecule has 1 fully saturated rings. The van der Waals surface area contributed by atoms with Crippen molar-refractivity contribution in [1.82, 2.24) is 5.32 Å². The summed E-state index contributed by atoms with van der Waals surface area (Å²) in [6, 6.07) is 7.82. The molecule has 1 aromatic rings. The van der Waals surface area contributed by atoms with E-state index >= 15 is 0 Å². The monoisotopic (exact) mass is 414 g/mol. The maximum absolute atomic E-state index is 12.9. The summed E-state index contributed by atoms with van der Waals surface area (Å²) in [5.41, 5.74) is -0.168. The van der Waals surface area contributed by atoms with Gasteiger partial charge in [-0.15, -0.1) is 0 Å². The first kappa shape index (κ1) is 22.6. The number of nitrogens with one attached hydrogen (secondary N) is 1.